The van der Waals surface area contributed by atoms with E-state index in [-0.39, 0.29) is 5.91 Å². The number of allylic oxidation sites excluding steroid dienone is 2. The van der Waals surface area contributed by atoms with Gasteiger partial charge in [-0.05, 0) is 45.1 Å². The number of benzene rings is 1. The number of amides is 1. The maximum atomic E-state index is 12.4. The number of fused-ring (bicyclic) bond motifs is 1. The largest absolute Gasteiger partial charge is 0.326 e. The van der Waals surface area contributed by atoms with E-state index in [9.17, 15) is 4.79 Å². The summed E-state index contributed by atoms with van der Waals surface area (Å²) < 4.78 is 0.607. The van der Waals surface area contributed by atoms with Crippen molar-refractivity contribution in [2.45, 2.75) is 20.8 Å². The fourth-order valence-electron chi connectivity index (χ4n) is 3.13. The number of likely N-dealkylation sites (N-methyl/N-ethyl adjacent to an activating group) is 1. The summed E-state index contributed by atoms with van der Waals surface area (Å²) in [6.07, 6.45) is 3.82. The zero-order valence-corrected chi connectivity index (χ0v) is 17.9. The maximum absolute atomic E-state index is 12.4. The molecule has 0 bridgehead atoms. The Balaban J connectivity index is 2.01. The Bertz CT molecular complexity index is 799. The molecule has 8 heteroatoms. The topological polar surface area (TPSA) is 26.8 Å². The number of hydrogen-bond donors (Lipinski definition) is 0. The standard InChI is InChI=1S/C18H19Cl2N3OS2/c1-4-21-13-9-11(19)12(20)10-14(13)22(5-2)16(21)8-7-15-17(24)23(6-3)18(25)26-15/h7-10H,4-6H2,1-3H3. The van der Waals surface area contributed by atoms with Gasteiger partial charge < -0.3 is 9.80 Å². The van der Waals surface area contributed by atoms with Crippen LogP contribution in [0.4, 0.5) is 11.4 Å². The lowest BCUT2D eigenvalue weighted by molar-refractivity contribution is -0.122. The third kappa shape index (κ3) is 3.24. The lowest BCUT2D eigenvalue weighted by Crippen LogP contribution is -2.28. The summed E-state index contributed by atoms with van der Waals surface area (Å²) in [5, 5.41) is 1.06. The summed E-state index contributed by atoms with van der Waals surface area (Å²) in [7, 11) is 0. The summed E-state index contributed by atoms with van der Waals surface area (Å²) in [5.74, 6) is 0.956. The van der Waals surface area contributed by atoms with Gasteiger partial charge in [0.25, 0.3) is 5.91 Å². The first-order valence-electron chi connectivity index (χ1n) is 8.42. The summed E-state index contributed by atoms with van der Waals surface area (Å²) in [4.78, 5) is 19.0. The second-order valence-corrected chi connectivity index (χ2v) is 8.21. The van der Waals surface area contributed by atoms with E-state index in [4.69, 9.17) is 35.4 Å². The van der Waals surface area contributed by atoms with Crippen LogP contribution in [-0.2, 0) is 4.79 Å². The van der Waals surface area contributed by atoms with Crippen molar-refractivity contribution in [2.75, 3.05) is 29.4 Å². The van der Waals surface area contributed by atoms with E-state index >= 15 is 0 Å². The van der Waals surface area contributed by atoms with Gasteiger partial charge in [0, 0.05) is 19.6 Å². The van der Waals surface area contributed by atoms with Crippen molar-refractivity contribution in [3.63, 3.8) is 0 Å². The molecule has 2 aliphatic rings. The van der Waals surface area contributed by atoms with Gasteiger partial charge in [-0.1, -0.05) is 47.2 Å². The lowest BCUT2D eigenvalue weighted by atomic mass is 10.2. The van der Waals surface area contributed by atoms with E-state index in [2.05, 4.69) is 23.6 Å². The number of carbonyl (C=O) groups is 1. The molecule has 0 atom stereocenters. The van der Waals surface area contributed by atoms with E-state index in [1.165, 1.54) is 11.8 Å². The fraction of sp³-hybridized carbons (Fsp3) is 0.333. The molecule has 26 heavy (non-hydrogen) atoms. The number of anilines is 2. The van der Waals surface area contributed by atoms with Gasteiger partial charge in [0.1, 0.15) is 10.1 Å². The Morgan fingerprint density at radius 2 is 1.46 bits per heavy atom. The highest BCUT2D eigenvalue weighted by Gasteiger charge is 2.32. The van der Waals surface area contributed by atoms with Crippen LogP contribution in [0.15, 0.2) is 35.0 Å². The molecule has 0 spiro atoms. The molecule has 1 fully saturated rings. The van der Waals surface area contributed by atoms with Crippen LogP contribution >= 0.6 is 47.2 Å². The Labute approximate surface area is 173 Å². The van der Waals surface area contributed by atoms with Crippen LogP contribution < -0.4 is 9.80 Å². The van der Waals surface area contributed by atoms with Crippen molar-refractivity contribution in [3.8, 4) is 0 Å². The van der Waals surface area contributed by atoms with Crippen molar-refractivity contribution in [2.24, 2.45) is 0 Å². The van der Waals surface area contributed by atoms with Gasteiger partial charge in [0.05, 0.1) is 26.3 Å². The first-order chi connectivity index (χ1) is 12.4. The quantitative estimate of drug-likeness (QED) is 0.481. The van der Waals surface area contributed by atoms with Crippen molar-refractivity contribution < 1.29 is 4.79 Å². The molecule has 0 N–H and O–H groups in total. The number of halogens is 2. The summed E-state index contributed by atoms with van der Waals surface area (Å²) in [6.45, 7) is 8.22. The third-order valence-corrected chi connectivity index (χ3v) is 6.48. The van der Waals surface area contributed by atoms with Gasteiger partial charge in [-0.3, -0.25) is 9.69 Å². The van der Waals surface area contributed by atoms with Crippen LogP contribution in [0.3, 0.4) is 0 Å². The van der Waals surface area contributed by atoms with Crippen molar-refractivity contribution in [3.05, 3.63) is 45.1 Å². The molecule has 138 valence electrons. The van der Waals surface area contributed by atoms with Gasteiger partial charge in [0.15, 0.2) is 0 Å². The normalized spacial score (nSPS) is 18.4. The number of carbonyl (C=O) groups excluding carboxylic acids is 1. The van der Waals surface area contributed by atoms with Gasteiger partial charge in [-0.25, -0.2) is 0 Å². The van der Waals surface area contributed by atoms with Gasteiger partial charge in [-0.2, -0.15) is 0 Å². The zero-order valence-electron chi connectivity index (χ0n) is 14.8. The van der Waals surface area contributed by atoms with Crippen LogP contribution in [0.25, 0.3) is 0 Å². The van der Waals surface area contributed by atoms with E-state index < -0.39 is 0 Å². The summed E-state index contributed by atoms with van der Waals surface area (Å²) in [6, 6.07) is 3.78. The minimum atomic E-state index is -0.0351. The predicted molar refractivity (Wildman–Crippen MR) is 116 cm³/mol. The van der Waals surface area contributed by atoms with Crippen molar-refractivity contribution >= 4 is 68.8 Å². The molecule has 0 radical (unpaired) electrons. The monoisotopic (exact) mass is 427 g/mol. The average molecular weight is 428 g/mol. The number of thioether (sulfide) groups is 1. The smallest absolute Gasteiger partial charge is 0.266 e. The molecule has 3 rings (SSSR count). The molecule has 1 saturated heterocycles. The van der Waals surface area contributed by atoms with Crippen LogP contribution in [0.1, 0.15) is 20.8 Å². The Morgan fingerprint density at radius 1 is 0.962 bits per heavy atom. The second kappa shape index (κ2) is 7.80. The zero-order chi connectivity index (χ0) is 19.0. The van der Waals surface area contributed by atoms with Gasteiger partial charge in [-0.15, -0.1) is 0 Å². The maximum Gasteiger partial charge on any atom is 0.266 e. The first-order valence-corrected chi connectivity index (χ1v) is 10.4. The lowest BCUT2D eigenvalue weighted by Gasteiger charge is -2.23. The Morgan fingerprint density at radius 3 is 1.88 bits per heavy atom. The van der Waals surface area contributed by atoms with Gasteiger partial charge >= 0.3 is 0 Å². The van der Waals surface area contributed by atoms with E-state index in [0.29, 0.717) is 25.8 Å². The highest BCUT2D eigenvalue weighted by atomic mass is 35.5. The second-order valence-electron chi connectivity index (χ2n) is 5.72. The molecular formula is C18H19Cl2N3OS2. The molecule has 0 unspecified atom stereocenters. The van der Waals surface area contributed by atoms with E-state index in [0.717, 1.165) is 30.3 Å². The molecule has 0 aliphatic carbocycles. The SMILES string of the molecule is CCN1C(=O)C(=CC=C2N(CC)c3cc(Cl)c(Cl)cc3N2CC)SC1=S. The van der Waals surface area contributed by atoms with Crippen LogP contribution in [0.2, 0.25) is 10.0 Å². The molecule has 2 heterocycles. The van der Waals surface area contributed by atoms with Crippen molar-refractivity contribution in [1.29, 1.82) is 0 Å². The molecule has 0 saturated carbocycles. The first kappa shape index (κ1) is 19.5. The number of rotatable bonds is 4. The third-order valence-electron chi connectivity index (χ3n) is 4.36. The summed E-state index contributed by atoms with van der Waals surface area (Å²) >= 11 is 19.1. The predicted octanol–water partition coefficient (Wildman–Crippen LogP) is 5.27. The molecule has 1 aromatic rings. The molecule has 1 aromatic carbocycles. The Hall–Kier alpha value is -1.21. The van der Waals surface area contributed by atoms with E-state index in [1.807, 2.05) is 31.2 Å². The average Bonchev–Trinajstić information content (AvgIpc) is 3.05. The molecule has 0 aromatic heterocycles. The molecular weight excluding hydrogens is 409 g/mol. The summed E-state index contributed by atoms with van der Waals surface area (Å²) in [5.41, 5.74) is 2.04. The van der Waals surface area contributed by atoms with Crippen molar-refractivity contribution in [1.82, 2.24) is 4.90 Å². The van der Waals surface area contributed by atoms with Crippen LogP contribution in [0, 0.1) is 0 Å². The number of hydrogen-bond acceptors (Lipinski definition) is 5. The molecule has 2 aliphatic heterocycles. The Kier molecular flexibility index (Phi) is 5.87. The molecule has 4 nitrogen and oxygen atoms in total. The molecule has 1 amide bonds. The highest BCUT2D eigenvalue weighted by molar-refractivity contribution is 8.26. The van der Waals surface area contributed by atoms with Crippen LogP contribution in [-0.4, -0.2) is 34.8 Å². The number of thiocarbonyl (C=S) groups is 1. The number of nitrogens with zero attached hydrogens (tertiary/aromatic N) is 3. The minimum Gasteiger partial charge on any atom is -0.326 e. The minimum absolute atomic E-state index is 0.0351. The van der Waals surface area contributed by atoms with E-state index in [1.54, 1.807) is 4.90 Å². The van der Waals surface area contributed by atoms with Gasteiger partial charge in [0.2, 0.25) is 0 Å². The fourth-order valence-corrected chi connectivity index (χ4v) is 4.77. The highest BCUT2D eigenvalue weighted by Crippen LogP contribution is 2.45. The van der Waals surface area contributed by atoms with Crippen LogP contribution in [0.5, 0.6) is 0 Å².